The Morgan fingerprint density at radius 3 is 2.73 bits per heavy atom. The van der Waals surface area contributed by atoms with Gasteiger partial charge < -0.3 is 40.9 Å². The van der Waals surface area contributed by atoms with E-state index >= 15 is 0 Å². The van der Waals surface area contributed by atoms with Crippen LogP contribution in [0.5, 0.6) is 0 Å². The molecule has 1 saturated heterocycles. The van der Waals surface area contributed by atoms with E-state index in [0.717, 1.165) is 0 Å². The van der Waals surface area contributed by atoms with E-state index in [1.54, 1.807) is 0 Å². The maximum atomic E-state index is 12.0. The van der Waals surface area contributed by atoms with Crippen molar-refractivity contribution in [3.05, 3.63) is 12.7 Å². The van der Waals surface area contributed by atoms with Crippen LogP contribution in [0.15, 0.2) is 12.7 Å². The van der Waals surface area contributed by atoms with Crippen LogP contribution < -0.4 is 5.73 Å². The highest BCUT2D eigenvalue weighted by molar-refractivity contribution is 7.47. The van der Waals surface area contributed by atoms with Crippen LogP contribution in [0, 0.1) is 0 Å². The molecule has 1 aliphatic rings. The topological polar surface area (TPSA) is 253 Å². The van der Waals surface area contributed by atoms with Crippen molar-refractivity contribution in [1.82, 2.24) is 19.5 Å². The zero-order valence-corrected chi connectivity index (χ0v) is 17.9. The van der Waals surface area contributed by atoms with Crippen molar-refractivity contribution >= 4 is 30.6 Å². The molecule has 3 heterocycles. The number of ether oxygens (including phenoxy) is 1. The molecule has 0 amide bonds. The van der Waals surface area contributed by atoms with Gasteiger partial charge in [0.1, 0.15) is 49.1 Å². The van der Waals surface area contributed by atoms with Gasteiger partial charge in [0.05, 0.1) is 25.6 Å². The Hall–Kier alpha value is -2.11. The Bertz CT molecular complexity index is 1020. The van der Waals surface area contributed by atoms with Crippen LogP contribution in [-0.4, -0.2) is 106 Å². The molecule has 1 aliphatic heterocycles. The van der Waals surface area contributed by atoms with Crippen molar-refractivity contribution in [3.8, 4) is 0 Å². The van der Waals surface area contributed by atoms with E-state index in [1.165, 1.54) is 17.2 Å². The molecule has 0 aliphatic carbocycles. The first-order chi connectivity index (χ1) is 15.5. The van der Waals surface area contributed by atoms with Crippen molar-refractivity contribution in [2.45, 2.75) is 43.2 Å². The number of ketones is 1. The molecule has 0 radical (unpaired) electrons. The number of carbonyl (C=O) groups excluding carboxylic acids is 1. The van der Waals surface area contributed by atoms with Gasteiger partial charge >= 0.3 is 7.82 Å². The van der Waals surface area contributed by atoms with E-state index in [0.29, 0.717) is 11.2 Å². The van der Waals surface area contributed by atoms with Crippen molar-refractivity contribution in [2.24, 2.45) is 0 Å². The summed E-state index contributed by atoms with van der Waals surface area (Å²) >= 11 is 0. The molecule has 2 aromatic rings. The number of anilines is 1. The van der Waals surface area contributed by atoms with Gasteiger partial charge in [-0.3, -0.25) is 18.4 Å². The zero-order valence-electron chi connectivity index (χ0n) is 17.0. The Morgan fingerprint density at radius 1 is 1.30 bits per heavy atom. The number of imidazole rings is 1. The van der Waals surface area contributed by atoms with Crippen LogP contribution in [0.1, 0.15) is 12.6 Å². The largest absolute Gasteiger partial charge is 0.472 e. The lowest BCUT2D eigenvalue weighted by Crippen LogP contribution is -2.45. The smallest absolute Gasteiger partial charge is 0.394 e. The molecular weight excluding hydrogens is 469 g/mol. The van der Waals surface area contributed by atoms with Crippen LogP contribution in [0.3, 0.4) is 0 Å². The molecule has 33 heavy (non-hydrogen) atoms. The Kier molecular flexibility index (Phi) is 8.07. The third kappa shape index (κ3) is 5.88. The van der Waals surface area contributed by atoms with Crippen LogP contribution in [0.2, 0.25) is 0 Å². The van der Waals surface area contributed by atoms with E-state index in [1.807, 2.05) is 0 Å². The molecule has 3 rings (SSSR count). The molecule has 16 nitrogen and oxygen atoms in total. The molecule has 1 fully saturated rings. The number of aliphatic hydroxyl groups excluding tert-OH is 5. The summed E-state index contributed by atoms with van der Waals surface area (Å²) in [6.07, 6.45) is -6.15. The summed E-state index contributed by atoms with van der Waals surface area (Å²) in [5.41, 5.74) is 6.44. The number of hydrogen-bond donors (Lipinski definition) is 7. The highest BCUT2D eigenvalue weighted by Gasteiger charge is 2.38. The number of Topliss-reactive ketones (excluding diaryl/α,β-unsaturated/α-hetero) is 1. The minimum atomic E-state index is -4.82. The van der Waals surface area contributed by atoms with Crippen LogP contribution in [0.4, 0.5) is 5.82 Å². The zero-order chi connectivity index (χ0) is 24.3. The summed E-state index contributed by atoms with van der Waals surface area (Å²) in [6, 6.07) is 0. The third-order valence-electron chi connectivity index (χ3n) is 4.91. The number of phosphoric acid groups is 1. The molecule has 0 aromatic carbocycles. The number of hydrogen-bond acceptors (Lipinski definition) is 14. The number of nitrogen functional groups attached to an aromatic ring is 1. The predicted molar refractivity (Wildman–Crippen MR) is 106 cm³/mol. The average Bonchev–Trinajstić information content (AvgIpc) is 3.38. The van der Waals surface area contributed by atoms with Gasteiger partial charge in [-0.25, -0.2) is 19.5 Å². The monoisotopic (exact) mass is 493 g/mol. The minimum Gasteiger partial charge on any atom is -0.394 e. The summed E-state index contributed by atoms with van der Waals surface area (Å²) < 4.78 is 28.4. The quantitative estimate of drug-likeness (QED) is 0.152. The lowest BCUT2D eigenvalue weighted by atomic mass is 10.1. The average molecular weight is 493 g/mol. The first kappa shape index (κ1) is 25.5. The fourth-order valence-corrected chi connectivity index (χ4v) is 3.76. The second-order valence-electron chi connectivity index (χ2n) is 7.20. The molecule has 8 N–H and O–H groups in total. The normalized spacial score (nSPS) is 25.6. The van der Waals surface area contributed by atoms with Crippen molar-refractivity contribution in [2.75, 3.05) is 25.6 Å². The SMILES string of the molecule is Nc1ncnc2c1ncn2[C@H]1CC(O)[C@@H](COP(=O)(O)OCC(=O)[C@H](O)[C@@H](O)[C@H](O)CO)O1. The van der Waals surface area contributed by atoms with Gasteiger partial charge in [-0.05, 0) is 0 Å². The highest BCUT2D eigenvalue weighted by atomic mass is 31.2. The van der Waals surface area contributed by atoms with Crippen LogP contribution in [-0.2, 0) is 23.1 Å². The summed E-state index contributed by atoms with van der Waals surface area (Å²) in [7, 11) is -4.82. The number of rotatable bonds is 11. The van der Waals surface area contributed by atoms with Crippen LogP contribution >= 0.6 is 7.82 Å². The number of carbonyl (C=O) groups is 1. The van der Waals surface area contributed by atoms with Crippen LogP contribution in [0.25, 0.3) is 11.2 Å². The standard InChI is InChI=1S/C16H24N5O11P/c17-15-12-16(19-5-18-15)21(6-20-12)11-1-7(23)10(32-11)4-31-33(28,29)30-3-9(25)14(27)13(26)8(24)2-22/h5-8,10-11,13-14,22-24,26-27H,1-4H2,(H,28,29)(H2,17,18,19)/t7?,8-,10-,11-,13+,14+/m1/s1. The lowest BCUT2D eigenvalue weighted by molar-refractivity contribution is -0.142. The maximum absolute atomic E-state index is 12.0. The first-order valence-corrected chi connectivity index (χ1v) is 11.1. The van der Waals surface area contributed by atoms with E-state index in [4.69, 9.17) is 20.1 Å². The third-order valence-corrected chi connectivity index (χ3v) is 5.84. The summed E-state index contributed by atoms with van der Waals surface area (Å²) in [4.78, 5) is 33.5. The molecule has 0 bridgehead atoms. The maximum Gasteiger partial charge on any atom is 0.472 e. The van der Waals surface area contributed by atoms with Gasteiger partial charge in [-0.15, -0.1) is 0 Å². The molecule has 17 heteroatoms. The van der Waals surface area contributed by atoms with Crippen molar-refractivity contribution in [3.63, 3.8) is 0 Å². The molecule has 184 valence electrons. The fourth-order valence-electron chi connectivity index (χ4n) is 3.06. The number of nitrogens with two attached hydrogens (primary N) is 1. The van der Waals surface area contributed by atoms with Gasteiger partial charge in [0.2, 0.25) is 0 Å². The molecule has 7 atom stereocenters. The molecular formula is C16H24N5O11P. The minimum absolute atomic E-state index is 0.0791. The summed E-state index contributed by atoms with van der Waals surface area (Å²) in [5, 5.41) is 47.3. The Balaban J connectivity index is 1.53. The van der Waals surface area contributed by atoms with Gasteiger partial charge in [0, 0.05) is 6.42 Å². The molecule has 2 unspecified atom stereocenters. The number of nitrogens with zero attached hydrogens (tertiary/aromatic N) is 4. The van der Waals surface area contributed by atoms with E-state index in [9.17, 15) is 34.7 Å². The Morgan fingerprint density at radius 2 is 2.03 bits per heavy atom. The molecule has 0 spiro atoms. The van der Waals surface area contributed by atoms with Crippen molar-refractivity contribution in [1.29, 1.82) is 0 Å². The number of aromatic nitrogens is 4. The second kappa shape index (κ2) is 10.4. The van der Waals surface area contributed by atoms with Gasteiger partial charge in [0.25, 0.3) is 0 Å². The number of aliphatic hydroxyl groups is 5. The molecule has 0 saturated carbocycles. The van der Waals surface area contributed by atoms with E-state index in [-0.39, 0.29) is 12.2 Å². The predicted octanol–water partition coefficient (Wildman–Crippen LogP) is -3.17. The number of fused-ring (bicyclic) bond motifs is 1. The number of phosphoric ester groups is 1. The summed E-state index contributed by atoms with van der Waals surface area (Å²) in [5.74, 6) is -1.08. The van der Waals surface area contributed by atoms with Gasteiger partial charge in [0.15, 0.2) is 17.2 Å². The van der Waals surface area contributed by atoms with E-state index < -0.39 is 70.2 Å². The Labute approximate surface area is 185 Å². The van der Waals surface area contributed by atoms with Crippen molar-refractivity contribution < 1.29 is 53.6 Å². The van der Waals surface area contributed by atoms with E-state index in [2.05, 4.69) is 19.5 Å². The second-order valence-corrected chi connectivity index (χ2v) is 8.66. The van der Waals surface area contributed by atoms with Gasteiger partial charge in [-0.2, -0.15) is 0 Å². The van der Waals surface area contributed by atoms with Gasteiger partial charge in [-0.1, -0.05) is 0 Å². The highest BCUT2D eigenvalue weighted by Crippen LogP contribution is 2.44. The molecule has 2 aromatic heterocycles. The fraction of sp³-hybridized carbons (Fsp3) is 0.625. The summed E-state index contributed by atoms with van der Waals surface area (Å²) in [6.45, 7) is -2.64. The first-order valence-electron chi connectivity index (χ1n) is 9.60. The lowest BCUT2D eigenvalue weighted by Gasteiger charge is -2.21.